The van der Waals surface area contributed by atoms with Crippen molar-refractivity contribution in [2.24, 2.45) is 0 Å². The van der Waals surface area contributed by atoms with E-state index in [1.165, 1.54) is 33.4 Å². The van der Waals surface area contributed by atoms with Crippen molar-refractivity contribution in [1.29, 1.82) is 0 Å². The lowest BCUT2D eigenvalue weighted by Crippen LogP contribution is -2.28. The molecule has 0 spiro atoms. The van der Waals surface area contributed by atoms with Gasteiger partial charge in [-0.3, -0.25) is 4.98 Å². The maximum atomic E-state index is 5.16. The van der Waals surface area contributed by atoms with Gasteiger partial charge in [-0.1, -0.05) is 176 Å². The van der Waals surface area contributed by atoms with Crippen LogP contribution in [0.4, 0.5) is 0 Å². The van der Waals surface area contributed by atoms with Gasteiger partial charge in [0, 0.05) is 28.5 Å². The number of hydrogen-bond acceptors (Lipinski definition) is 3. The highest BCUT2D eigenvalue weighted by atomic mass is 14.9. The van der Waals surface area contributed by atoms with E-state index in [1.807, 2.05) is 48.7 Å². The molecule has 2 heterocycles. The zero-order chi connectivity index (χ0) is 36.6. The molecule has 55 heavy (non-hydrogen) atoms. The Balaban J connectivity index is 1.09. The minimum absolute atomic E-state index is 0.422. The molecule has 1 aliphatic rings. The Bertz CT molecular complexity index is 2740. The smallest absolute Gasteiger partial charge is 0.161 e. The molecule has 3 heteroatoms. The van der Waals surface area contributed by atoms with Crippen molar-refractivity contribution in [3.05, 3.63) is 235 Å². The van der Waals surface area contributed by atoms with Crippen LogP contribution < -0.4 is 0 Å². The van der Waals surface area contributed by atoms with E-state index in [1.54, 1.807) is 0 Å². The Morgan fingerprint density at radius 2 is 0.818 bits per heavy atom. The molecule has 258 valence electrons. The number of benzene rings is 7. The van der Waals surface area contributed by atoms with Gasteiger partial charge in [0.05, 0.1) is 22.5 Å². The quantitative estimate of drug-likeness (QED) is 0.166. The highest BCUT2D eigenvalue weighted by molar-refractivity contribution is 5.89. The fourth-order valence-electron chi connectivity index (χ4n) is 8.27. The Morgan fingerprint density at radius 3 is 1.47 bits per heavy atom. The number of fused-ring (bicyclic) bond motifs is 3. The van der Waals surface area contributed by atoms with Crippen LogP contribution in [0.2, 0.25) is 0 Å². The molecule has 0 bridgehead atoms. The van der Waals surface area contributed by atoms with E-state index in [0.29, 0.717) is 5.82 Å². The molecule has 1 aliphatic carbocycles. The summed E-state index contributed by atoms with van der Waals surface area (Å²) in [5.41, 5.74) is 16.2. The molecule has 0 N–H and O–H groups in total. The first-order valence-corrected chi connectivity index (χ1v) is 18.7. The van der Waals surface area contributed by atoms with Crippen LogP contribution >= 0.6 is 0 Å². The molecule has 0 unspecified atom stereocenters. The van der Waals surface area contributed by atoms with Gasteiger partial charge in [-0.05, 0) is 74.8 Å². The van der Waals surface area contributed by atoms with Crippen LogP contribution in [0.3, 0.4) is 0 Å². The van der Waals surface area contributed by atoms with Crippen molar-refractivity contribution in [1.82, 2.24) is 15.0 Å². The van der Waals surface area contributed by atoms with Crippen molar-refractivity contribution in [2.45, 2.75) is 5.41 Å². The Hall–Kier alpha value is -7.23. The number of hydrogen-bond donors (Lipinski definition) is 0. The number of aromatic nitrogens is 3. The molecule has 0 amide bonds. The monoisotopic (exact) mass is 701 g/mol. The third-order valence-corrected chi connectivity index (χ3v) is 10.8. The van der Waals surface area contributed by atoms with E-state index in [4.69, 9.17) is 15.0 Å². The second-order valence-corrected chi connectivity index (χ2v) is 14.0. The molecule has 9 aromatic rings. The zero-order valence-corrected chi connectivity index (χ0v) is 30.0. The van der Waals surface area contributed by atoms with E-state index >= 15 is 0 Å². The van der Waals surface area contributed by atoms with Gasteiger partial charge >= 0.3 is 0 Å². The van der Waals surface area contributed by atoms with Gasteiger partial charge in [0.15, 0.2) is 5.82 Å². The van der Waals surface area contributed by atoms with E-state index in [0.717, 1.165) is 50.5 Å². The van der Waals surface area contributed by atoms with E-state index in [2.05, 4.69) is 164 Å². The number of rotatable bonds is 7. The fraction of sp³-hybridized carbons (Fsp3) is 0.0192. The molecule has 10 rings (SSSR count). The van der Waals surface area contributed by atoms with Gasteiger partial charge < -0.3 is 0 Å². The molecular formula is C52H35N3. The van der Waals surface area contributed by atoms with Crippen molar-refractivity contribution in [2.75, 3.05) is 0 Å². The minimum Gasteiger partial charge on any atom is -0.255 e. The summed E-state index contributed by atoms with van der Waals surface area (Å²) in [5, 5.41) is 0. The second-order valence-electron chi connectivity index (χ2n) is 14.0. The summed E-state index contributed by atoms with van der Waals surface area (Å²) in [7, 11) is 0. The molecule has 0 fully saturated rings. The average molecular weight is 702 g/mol. The van der Waals surface area contributed by atoms with Gasteiger partial charge in [-0.15, -0.1) is 0 Å². The molecule has 0 atom stereocenters. The minimum atomic E-state index is -0.422. The third kappa shape index (κ3) is 5.65. The lowest BCUT2D eigenvalue weighted by molar-refractivity contribution is 0.768. The zero-order valence-electron chi connectivity index (χ0n) is 30.0. The van der Waals surface area contributed by atoms with E-state index in [-0.39, 0.29) is 0 Å². The fourth-order valence-corrected chi connectivity index (χ4v) is 8.27. The lowest BCUT2D eigenvalue weighted by atomic mass is 9.67. The van der Waals surface area contributed by atoms with Crippen molar-refractivity contribution < 1.29 is 0 Å². The lowest BCUT2D eigenvalue weighted by Gasteiger charge is -2.33. The van der Waals surface area contributed by atoms with Gasteiger partial charge in [0.25, 0.3) is 0 Å². The highest BCUT2D eigenvalue weighted by Crippen LogP contribution is 2.56. The summed E-state index contributed by atoms with van der Waals surface area (Å²) < 4.78 is 0. The molecular weight excluding hydrogens is 667 g/mol. The predicted octanol–water partition coefficient (Wildman–Crippen LogP) is 12.6. The first-order valence-electron chi connectivity index (χ1n) is 18.7. The van der Waals surface area contributed by atoms with Crippen molar-refractivity contribution >= 4 is 0 Å². The largest absolute Gasteiger partial charge is 0.255 e. The summed E-state index contributed by atoms with van der Waals surface area (Å²) >= 11 is 0. The topological polar surface area (TPSA) is 38.7 Å². The molecule has 0 saturated heterocycles. The van der Waals surface area contributed by atoms with Crippen LogP contribution in [0.5, 0.6) is 0 Å². The van der Waals surface area contributed by atoms with Crippen LogP contribution in [0, 0.1) is 0 Å². The second kappa shape index (κ2) is 13.6. The Kier molecular flexibility index (Phi) is 8.04. The molecule has 7 aromatic carbocycles. The predicted molar refractivity (Wildman–Crippen MR) is 224 cm³/mol. The van der Waals surface area contributed by atoms with Gasteiger partial charge in [-0.2, -0.15) is 0 Å². The van der Waals surface area contributed by atoms with Gasteiger partial charge in [-0.25, -0.2) is 9.97 Å². The van der Waals surface area contributed by atoms with Crippen LogP contribution in [0.15, 0.2) is 212 Å². The Morgan fingerprint density at radius 1 is 0.309 bits per heavy atom. The summed E-state index contributed by atoms with van der Waals surface area (Å²) in [5.74, 6) is 0.640. The van der Waals surface area contributed by atoms with Crippen LogP contribution in [-0.2, 0) is 5.41 Å². The first kappa shape index (κ1) is 32.4. The molecule has 3 nitrogen and oxygen atoms in total. The number of nitrogens with zero attached hydrogens (tertiary/aromatic N) is 3. The molecule has 0 saturated carbocycles. The van der Waals surface area contributed by atoms with Crippen LogP contribution in [0.1, 0.15) is 22.3 Å². The van der Waals surface area contributed by atoms with Crippen molar-refractivity contribution in [3.8, 4) is 67.4 Å². The molecule has 2 aromatic heterocycles. The number of pyridine rings is 1. The summed E-state index contributed by atoms with van der Waals surface area (Å²) in [6, 6.07) is 73.2. The van der Waals surface area contributed by atoms with Crippen molar-refractivity contribution in [3.63, 3.8) is 0 Å². The van der Waals surface area contributed by atoms with Crippen LogP contribution in [0.25, 0.3) is 67.4 Å². The molecule has 0 aliphatic heterocycles. The normalized spacial score (nSPS) is 12.5. The maximum Gasteiger partial charge on any atom is 0.161 e. The summed E-state index contributed by atoms with van der Waals surface area (Å²) in [6.07, 6.45) is 1.87. The van der Waals surface area contributed by atoms with Crippen LogP contribution in [-0.4, -0.2) is 15.0 Å². The Labute approximate surface area is 321 Å². The van der Waals surface area contributed by atoms with E-state index in [9.17, 15) is 0 Å². The average Bonchev–Trinajstić information content (AvgIpc) is 3.58. The highest BCUT2D eigenvalue weighted by Gasteiger charge is 2.45. The van der Waals surface area contributed by atoms with Gasteiger partial charge in [0.2, 0.25) is 0 Å². The summed E-state index contributed by atoms with van der Waals surface area (Å²) in [6.45, 7) is 0. The maximum absolute atomic E-state index is 5.16. The first-order chi connectivity index (χ1) is 27.3. The third-order valence-electron chi connectivity index (χ3n) is 10.8. The summed E-state index contributed by atoms with van der Waals surface area (Å²) in [4.78, 5) is 15.0. The van der Waals surface area contributed by atoms with Gasteiger partial charge in [0.1, 0.15) is 0 Å². The SMILES string of the molecule is c1ccc(-c2ccc(-c3nc(-c4ccccc4)cc(-c4cccc(-c5ccc6c(c5)-c5ccccc5C6(c5ccccc5)c5ccccc5)c4)n3)cn2)cc1. The molecule has 0 radical (unpaired) electrons. The van der Waals surface area contributed by atoms with E-state index < -0.39 is 5.41 Å². The standard InChI is InChI=1S/C52H35N3/c1-5-16-36(17-6-1)48-31-29-41(35-53-48)51-54-49(37-18-7-2-8-19-37)34-50(55-51)40-21-15-20-38(32-40)39-28-30-47-45(33-39)44-26-13-14-27-46(44)52(47,42-22-9-3-10-23-42)43-24-11-4-12-25-43/h1-35H.